The lowest BCUT2D eigenvalue weighted by atomic mass is 10.1. The zero-order valence-corrected chi connectivity index (χ0v) is 17.9. The van der Waals surface area contributed by atoms with E-state index in [9.17, 15) is 4.79 Å². The van der Waals surface area contributed by atoms with E-state index in [1.807, 2.05) is 66.2 Å². The standard InChI is InChI=1S/C24H24N4O2S/c29-24(25-16-20(21-10-6-14-30-21)27-12-4-5-13-27)19-17-28(18-8-2-1-3-9-18)26-23(19)22-11-7-15-31-22/h1-3,6-11,14-15,17,20H,4-5,12-13,16H2,(H,25,29)/t20-/m0/s1. The molecule has 0 unspecified atom stereocenters. The molecule has 4 heterocycles. The Bertz CT molecular complexity index is 1110. The molecule has 1 saturated heterocycles. The minimum absolute atomic E-state index is 0.0378. The average Bonchev–Trinajstić information content (AvgIpc) is 3.61. The average molecular weight is 433 g/mol. The monoisotopic (exact) mass is 432 g/mol. The lowest BCUT2D eigenvalue weighted by Gasteiger charge is -2.25. The molecule has 0 aliphatic carbocycles. The van der Waals surface area contributed by atoms with E-state index in [4.69, 9.17) is 9.52 Å². The summed E-state index contributed by atoms with van der Waals surface area (Å²) < 4.78 is 7.46. The number of nitrogens with one attached hydrogen (secondary N) is 1. The van der Waals surface area contributed by atoms with Crippen LogP contribution in [0.3, 0.4) is 0 Å². The predicted molar refractivity (Wildman–Crippen MR) is 121 cm³/mol. The van der Waals surface area contributed by atoms with Gasteiger partial charge in [-0.25, -0.2) is 4.68 Å². The highest BCUT2D eigenvalue weighted by Gasteiger charge is 2.27. The van der Waals surface area contributed by atoms with Gasteiger partial charge in [-0.1, -0.05) is 24.3 Å². The number of carbonyl (C=O) groups is 1. The van der Waals surface area contributed by atoms with Crippen LogP contribution in [0.1, 0.15) is 35.0 Å². The van der Waals surface area contributed by atoms with Crippen LogP contribution in [-0.2, 0) is 0 Å². The molecule has 1 fully saturated rings. The summed E-state index contributed by atoms with van der Waals surface area (Å²) in [6.45, 7) is 2.54. The molecule has 4 aromatic rings. The van der Waals surface area contributed by atoms with E-state index in [0.717, 1.165) is 29.4 Å². The lowest BCUT2D eigenvalue weighted by Crippen LogP contribution is -2.36. The molecule has 3 aromatic heterocycles. The highest BCUT2D eigenvalue weighted by atomic mass is 32.1. The van der Waals surface area contributed by atoms with Crippen LogP contribution in [0.2, 0.25) is 0 Å². The molecule has 158 valence electrons. The topological polar surface area (TPSA) is 63.3 Å². The van der Waals surface area contributed by atoms with E-state index in [1.54, 1.807) is 22.3 Å². The lowest BCUT2D eigenvalue weighted by molar-refractivity contribution is 0.0934. The molecule has 0 bridgehead atoms. The molecular weight excluding hydrogens is 408 g/mol. The highest BCUT2D eigenvalue weighted by molar-refractivity contribution is 7.13. The largest absolute Gasteiger partial charge is 0.468 e. The molecular formula is C24H24N4O2S. The quantitative estimate of drug-likeness (QED) is 0.457. The first-order chi connectivity index (χ1) is 15.3. The molecule has 6 nitrogen and oxygen atoms in total. The van der Waals surface area contributed by atoms with Crippen molar-refractivity contribution in [3.05, 3.63) is 83.8 Å². The molecule has 1 N–H and O–H groups in total. The zero-order valence-electron chi connectivity index (χ0n) is 17.1. The Morgan fingerprint density at radius 1 is 1.10 bits per heavy atom. The number of carbonyl (C=O) groups excluding carboxylic acids is 1. The predicted octanol–water partition coefficient (Wildman–Crippen LogP) is 4.76. The van der Waals surface area contributed by atoms with Gasteiger partial charge in [0.15, 0.2) is 0 Å². The highest BCUT2D eigenvalue weighted by Crippen LogP contribution is 2.29. The van der Waals surface area contributed by atoms with Crippen molar-refractivity contribution >= 4 is 17.2 Å². The Balaban J connectivity index is 1.41. The zero-order chi connectivity index (χ0) is 21.0. The van der Waals surface area contributed by atoms with Crippen LogP contribution < -0.4 is 5.32 Å². The van der Waals surface area contributed by atoms with Gasteiger partial charge >= 0.3 is 0 Å². The minimum Gasteiger partial charge on any atom is -0.468 e. The number of para-hydroxylation sites is 1. The molecule has 1 aromatic carbocycles. The summed E-state index contributed by atoms with van der Waals surface area (Å²) in [7, 11) is 0. The molecule has 1 aliphatic rings. The molecule has 7 heteroatoms. The summed E-state index contributed by atoms with van der Waals surface area (Å²) in [4.78, 5) is 16.6. The maximum absolute atomic E-state index is 13.3. The summed E-state index contributed by atoms with van der Waals surface area (Å²) in [5, 5.41) is 9.88. The van der Waals surface area contributed by atoms with Gasteiger partial charge in [-0.2, -0.15) is 5.10 Å². The molecule has 0 spiro atoms. The molecule has 0 saturated carbocycles. The van der Waals surface area contributed by atoms with Gasteiger partial charge in [0.05, 0.1) is 28.4 Å². The normalized spacial score (nSPS) is 15.2. The van der Waals surface area contributed by atoms with E-state index in [2.05, 4.69) is 10.2 Å². The van der Waals surface area contributed by atoms with Crippen LogP contribution >= 0.6 is 11.3 Å². The van der Waals surface area contributed by atoms with Gasteiger partial charge in [0.25, 0.3) is 5.91 Å². The Morgan fingerprint density at radius 2 is 1.94 bits per heavy atom. The van der Waals surface area contributed by atoms with Crippen LogP contribution in [0, 0.1) is 0 Å². The summed E-state index contributed by atoms with van der Waals surface area (Å²) in [5.41, 5.74) is 2.20. The van der Waals surface area contributed by atoms with Crippen LogP contribution in [0.25, 0.3) is 16.3 Å². The first-order valence-electron chi connectivity index (χ1n) is 10.5. The van der Waals surface area contributed by atoms with E-state index >= 15 is 0 Å². The third-order valence-corrected chi connectivity index (χ3v) is 6.52. The van der Waals surface area contributed by atoms with E-state index in [0.29, 0.717) is 17.8 Å². The number of hydrogen-bond acceptors (Lipinski definition) is 5. The van der Waals surface area contributed by atoms with Crippen molar-refractivity contribution in [3.8, 4) is 16.3 Å². The van der Waals surface area contributed by atoms with E-state index in [1.165, 1.54) is 12.8 Å². The smallest absolute Gasteiger partial charge is 0.255 e. The Kier molecular flexibility index (Phi) is 5.69. The van der Waals surface area contributed by atoms with Gasteiger partial charge in [0.1, 0.15) is 11.5 Å². The second kappa shape index (κ2) is 8.91. The maximum atomic E-state index is 13.3. The number of nitrogens with zero attached hydrogens (tertiary/aromatic N) is 3. The SMILES string of the molecule is O=C(NC[C@@H](c1ccco1)N1CCCC1)c1cn(-c2ccccc2)nc1-c1cccs1. The first kappa shape index (κ1) is 19.8. The number of aromatic nitrogens is 2. The number of thiophene rings is 1. The number of hydrogen-bond donors (Lipinski definition) is 1. The maximum Gasteiger partial charge on any atom is 0.255 e. The number of benzene rings is 1. The van der Waals surface area contributed by atoms with Gasteiger partial charge in [-0.3, -0.25) is 9.69 Å². The van der Waals surface area contributed by atoms with Gasteiger partial charge in [-0.05, 0) is 61.6 Å². The second-order valence-corrected chi connectivity index (χ2v) is 8.58. The van der Waals surface area contributed by atoms with Crippen molar-refractivity contribution in [2.24, 2.45) is 0 Å². The van der Waals surface area contributed by atoms with Gasteiger partial charge < -0.3 is 9.73 Å². The Labute approximate surface area is 185 Å². The second-order valence-electron chi connectivity index (χ2n) is 7.63. The summed E-state index contributed by atoms with van der Waals surface area (Å²) in [5.74, 6) is 0.766. The van der Waals surface area contributed by atoms with Crippen molar-refractivity contribution in [3.63, 3.8) is 0 Å². The third kappa shape index (κ3) is 4.19. The van der Waals surface area contributed by atoms with Crippen molar-refractivity contribution in [1.29, 1.82) is 0 Å². The minimum atomic E-state index is -0.124. The van der Waals surface area contributed by atoms with Crippen molar-refractivity contribution in [2.75, 3.05) is 19.6 Å². The number of likely N-dealkylation sites (tertiary alicyclic amines) is 1. The van der Waals surface area contributed by atoms with E-state index in [-0.39, 0.29) is 11.9 Å². The number of rotatable bonds is 7. The van der Waals surface area contributed by atoms with Gasteiger partial charge in [0.2, 0.25) is 0 Å². The molecule has 1 atom stereocenters. The van der Waals surface area contributed by atoms with Crippen molar-refractivity contribution in [1.82, 2.24) is 20.0 Å². The first-order valence-corrected chi connectivity index (χ1v) is 11.4. The van der Waals surface area contributed by atoms with Crippen LogP contribution in [-0.4, -0.2) is 40.2 Å². The van der Waals surface area contributed by atoms with Crippen molar-refractivity contribution < 1.29 is 9.21 Å². The Morgan fingerprint density at radius 3 is 2.65 bits per heavy atom. The number of furan rings is 1. The van der Waals surface area contributed by atoms with Gasteiger partial charge in [0, 0.05) is 12.7 Å². The molecule has 1 amide bonds. The summed E-state index contributed by atoms with van der Waals surface area (Å²) in [6, 6.07) is 17.7. The fourth-order valence-corrected chi connectivity index (χ4v) is 4.80. The number of amides is 1. The summed E-state index contributed by atoms with van der Waals surface area (Å²) >= 11 is 1.58. The molecule has 5 rings (SSSR count). The third-order valence-electron chi connectivity index (χ3n) is 5.64. The Hall–Kier alpha value is -3.16. The van der Waals surface area contributed by atoms with Crippen molar-refractivity contribution in [2.45, 2.75) is 18.9 Å². The van der Waals surface area contributed by atoms with Crippen LogP contribution in [0.15, 0.2) is 76.9 Å². The molecule has 1 aliphatic heterocycles. The van der Waals surface area contributed by atoms with Crippen LogP contribution in [0.5, 0.6) is 0 Å². The fraction of sp³-hybridized carbons (Fsp3) is 0.250. The van der Waals surface area contributed by atoms with E-state index < -0.39 is 0 Å². The fourth-order valence-electron chi connectivity index (χ4n) is 4.08. The summed E-state index contributed by atoms with van der Waals surface area (Å²) in [6.07, 6.45) is 5.87. The van der Waals surface area contributed by atoms with Crippen LogP contribution in [0.4, 0.5) is 0 Å². The molecule has 0 radical (unpaired) electrons. The van der Waals surface area contributed by atoms with Gasteiger partial charge in [-0.15, -0.1) is 11.3 Å². The molecule has 31 heavy (non-hydrogen) atoms.